The van der Waals surface area contributed by atoms with Crippen molar-refractivity contribution in [1.29, 1.82) is 21.6 Å². The number of allylic oxidation sites excluding steroid dienone is 2. The van der Waals surface area contributed by atoms with E-state index in [2.05, 4.69) is 5.32 Å². The third kappa shape index (κ3) is 7.39. The molecular formula is C22H31F2N7+2. The number of benzene rings is 1. The molecule has 0 aliphatic carbocycles. The molecule has 1 fully saturated rings. The summed E-state index contributed by atoms with van der Waals surface area (Å²) in [6, 6.07) is 3.29. The van der Waals surface area contributed by atoms with Gasteiger partial charge in [0, 0.05) is 49.6 Å². The molecule has 1 heterocycles. The maximum atomic E-state index is 14.3. The molecule has 1 aromatic rings. The number of rotatable bonds is 8. The minimum Gasteiger partial charge on any atom is -0.317 e. The van der Waals surface area contributed by atoms with Crippen LogP contribution in [0.3, 0.4) is 0 Å². The lowest BCUT2D eigenvalue weighted by Gasteiger charge is -2.19. The summed E-state index contributed by atoms with van der Waals surface area (Å²) in [5.41, 5.74) is -0.185. The van der Waals surface area contributed by atoms with Gasteiger partial charge in [0.05, 0.1) is 23.0 Å². The highest BCUT2D eigenvalue weighted by Crippen LogP contribution is 2.15. The molecule has 0 spiro atoms. The molecule has 7 nitrogen and oxygen atoms in total. The van der Waals surface area contributed by atoms with Crippen LogP contribution in [0.5, 0.6) is 0 Å². The number of hydrogen-bond acceptors (Lipinski definition) is 5. The summed E-state index contributed by atoms with van der Waals surface area (Å²) in [5.74, 6) is -1.24. The van der Waals surface area contributed by atoms with Crippen LogP contribution in [0.25, 0.3) is 0 Å². The van der Waals surface area contributed by atoms with Crippen molar-refractivity contribution in [3.8, 4) is 0 Å². The Hall–Kier alpha value is -2.88. The van der Waals surface area contributed by atoms with E-state index < -0.39 is 11.6 Å². The van der Waals surface area contributed by atoms with Crippen molar-refractivity contribution in [2.75, 3.05) is 13.1 Å². The van der Waals surface area contributed by atoms with Crippen molar-refractivity contribution in [2.45, 2.75) is 32.7 Å². The van der Waals surface area contributed by atoms with Gasteiger partial charge in [0.1, 0.15) is 17.8 Å². The van der Waals surface area contributed by atoms with Gasteiger partial charge >= 0.3 is 0 Å². The second-order valence-electron chi connectivity index (χ2n) is 7.82. The summed E-state index contributed by atoms with van der Waals surface area (Å²) in [5, 5.41) is 39.3. The van der Waals surface area contributed by atoms with E-state index in [1.54, 1.807) is 6.20 Å². The second-order valence-corrected chi connectivity index (χ2v) is 7.82. The van der Waals surface area contributed by atoms with Crippen LogP contribution < -0.4 is 16.0 Å². The standard InChI is InChI=1S/C22H29F2N7/c1-13(2)22(28)31-20(26)6-5-19(25)17(12-30-15-7-9-29-10-8-15)21(27)16-4-3-14(23)11-18(16)24/h3-6,11-13,15,25,27,29-30H,7-10H2,1-2H3,(H3,26,28,31)/p+2. The van der Waals surface area contributed by atoms with Crippen LogP contribution in [0.4, 0.5) is 8.78 Å². The Balaban J connectivity index is 2.24. The van der Waals surface area contributed by atoms with Crippen LogP contribution in [0.15, 0.2) is 42.1 Å². The summed E-state index contributed by atoms with van der Waals surface area (Å²) in [6.45, 7) is 5.49. The van der Waals surface area contributed by atoms with Gasteiger partial charge in [0.15, 0.2) is 0 Å². The molecule has 0 radical (unpaired) electrons. The Kier molecular flexibility index (Phi) is 9.04. The number of amidine groups is 2. The monoisotopic (exact) mass is 431 g/mol. The molecule has 0 amide bonds. The molecule has 0 bridgehead atoms. The Morgan fingerprint density at radius 2 is 1.77 bits per heavy atom. The maximum Gasteiger partial charge on any atom is 0.222 e. The molecule has 0 aromatic heterocycles. The van der Waals surface area contributed by atoms with Crippen molar-refractivity contribution < 1.29 is 19.4 Å². The lowest BCUT2D eigenvalue weighted by molar-refractivity contribution is -0.628. The molecule has 0 saturated carbocycles. The van der Waals surface area contributed by atoms with Gasteiger partial charge in [0.25, 0.3) is 0 Å². The van der Waals surface area contributed by atoms with Crippen molar-refractivity contribution in [3.63, 3.8) is 0 Å². The minimum atomic E-state index is -0.860. The molecular weight excluding hydrogens is 400 g/mol. The van der Waals surface area contributed by atoms with Crippen LogP contribution >= 0.6 is 0 Å². The van der Waals surface area contributed by atoms with Gasteiger partial charge in [0.2, 0.25) is 11.7 Å². The highest BCUT2D eigenvalue weighted by molar-refractivity contribution is 6.31. The van der Waals surface area contributed by atoms with Crippen LogP contribution in [0.1, 0.15) is 32.3 Å². The fourth-order valence-electron chi connectivity index (χ4n) is 3.06. The minimum absolute atomic E-state index is 0.0159. The summed E-state index contributed by atoms with van der Waals surface area (Å²) in [6.07, 6.45) is 6.26. The average molecular weight is 432 g/mol. The largest absolute Gasteiger partial charge is 0.317 e. The molecule has 1 aromatic carbocycles. The first kappa shape index (κ1) is 24.4. The summed E-state index contributed by atoms with van der Waals surface area (Å²) >= 11 is 0. The highest BCUT2D eigenvalue weighted by Gasteiger charge is 2.20. The number of hydrogen-bond donors (Lipinski definition) is 7. The summed E-state index contributed by atoms with van der Waals surface area (Å²) < 4.78 is 27.6. The van der Waals surface area contributed by atoms with Gasteiger partial charge in [-0.3, -0.25) is 27.0 Å². The van der Waals surface area contributed by atoms with E-state index in [4.69, 9.17) is 21.6 Å². The van der Waals surface area contributed by atoms with Gasteiger partial charge in [-0.15, -0.1) is 0 Å². The zero-order valence-corrected chi connectivity index (χ0v) is 17.9. The summed E-state index contributed by atoms with van der Waals surface area (Å²) in [4.78, 5) is 0. The van der Waals surface area contributed by atoms with E-state index in [0.717, 1.165) is 38.1 Å². The SMILES string of the molecule is CC(C)C(=N)[NH2+]C(=N)C=CC(=N)C(=C[NH2+]C1CCNCC1)C(=N)c1ccc(F)cc1F. The predicted octanol–water partition coefficient (Wildman–Crippen LogP) is 1.28. The number of nitrogens with two attached hydrogens (primary N) is 2. The fourth-order valence-corrected chi connectivity index (χ4v) is 3.06. The zero-order valence-electron chi connectivity index (χ0n) is 17.9. The van der Waals surface area contributed by atoms with Gasteiger partial charge < -0.3 is 10.6 Å². The van der Waals surface area contributed by atoms with Gasteiger partial charge in [-0.05, 0) is 18.2 Å². The maximum absolute atomic E-state index is 14.3. The number of nitrogens with one attached hydrogen (secondary N) is 5. The molecule has 1 aliphatic heterocycles. The smallest absolute Gasteiger partial charge is 0.222 e. The van der Waals surface area contributed by atoms with E-state index in [1.165, 1.54) is 23.5 Å². The van der Waals surface area contributed by atoms with Gasteiger partial charge in [-0.2, -0.15) is 0 Å². The fraction of sp³-hybridized carbons (Fsp3) is 0.364. The molecule has 2 rings (SSSR count). The van der Waals surface area contributed by atoms with Crippen LogP contribution in [-0.2, 0) is 0 Å². The second kappa shape index (κ2) is 11.5. The van der Waals surface area contributed by atoms with Crippen molar-refractivity contribution in [2.24, 2.45) is 5.92 Å². The third-order valence-electron chi connectivity index (χ3n) is 5.04. The molecule has 9 heteroatoms. The predicted molar refractivity (Wildman–Crippen MR) is 118 cm³/mol. The molecule has 9 N–H and O–H groups in total. The lowest BCUT2D eigenvalue weighted by Crippen LogP contribution is -2.91. The summed E-state index contributed by atoms with van der Waals surface area (Å²) in [7, 11) is 0. The van der Waals surface area contributed by atoms with Gasteiger partial charge in [-0.25, -0.2) is 8.78 Å². The quantitative estimate of drug-likeness (QED) is 0.242. The van der Waals surface area contributed by atoms with Crippen LogP contribution in [0.2, 0.25) is 0 Å². The Bertz CT molecular complexity index is 912. The average Bonchev–Trinajstić information content (AvgIpc) is 2.72. The van der Waals surface area contributed by atoms with Crippen molar-refractivity contribution in [1.82, 2.24) is 5.32 Å². The highest BCUT2D eigenvalue weighted by atomic mass is 19.1. The third-order valence-corrected chi connectivity index (χ3v) is 5.04. The van der Waals surface area contributed by atoms with E-state index in [1.807, 2.05) is 19.2 Å². The first-order valence-electron chi connectivity index (χ1n) is 10.3. The number of piperidine rings is 1. The van der Waals surface area contributed by atoms with Crippen molar-refractivity contribution >= 4 is 23.1 Å². The normalized spacial score (nSPS) is 15.5. The molecule has 0 unspecified atom stereocenters. The molecule has 0 atom stereocenters. The van der Waals surface area contributed by atoms with Gasteiger partial charge in [-0.1, -0.05) is 13.8 Å². The topological polar surface area (TPSA) is 141 Å². The molecule has 1 aliphatic rings. The first-order valence-corrected chi connectivity index (χ1v) is 10.3. The Morgan fingerprint density at radius 1 is 1.10 bits per heavy atom. The van der Waals surface area contributed by atoms with Crippen LogP contribution in [0, 0.1) is 39.2 Å². The first-order chi connectivity index (χ1) is 14.7. The van der Waals surface area contributed by atoms with Crippen LogP contribution in [-0.4, -0.2) is 42.2 Å². The van der Waals surface area contributed by atoms with E-state index in [9.17, 15) is 8.78 Å². The molecule has 1 saturated heterocycles. The molecule has 166 valence electrons. The van der Waals surface area contributed by atoms with Crippen molar-refractivity contribution in [3.05, 3.63) is 59.3 Å². The lowest BCUT2D eigenvalue weighted by atomic mass is 9.98. The van der Waals surface area contributed by atoms with E-state index in [0.29, 0.717) is 5.84 Å². The number of quaternary nitrogens is 2. The Morgan fingerprint density at radius 3 is 2.39 bits per heavy atom. The number of halogens is 2. The zero-order chi connectivity index (χ0) is 23.0. The molecule has 31 heavy (non-hydrogen) atoms. The van der Waals surface area contributed by atoms with E-state index in [-0.39, 0.29) is 40.4 Å². The van der Waals surface area contributed by atoms with E-state index >= 15 is 0 Å². The Labute approximate surface area is 181 Å².